The molecule has 30 heavy (non-hydrogen) atoms. The van der Waals surface area contributed by atoms with Crippen molar-refractivity contribution in [3.05, 3.63) is 29.3 Å². The molecular formula is C21H25F3N2O4. The van der Waals surface area contributed by atoms with E-state index in [-0.39, 0.29) is 36.4 Å². The van der Waals surface area contributed by atoms with Gasteiger partial charge in [0.15, 0.2) is 0 Å². The van der Waals surface area contributed by atoms with E-state index in [2.05, 4.69) is 0 Å². The fourth-order valence-electron chi connectivity index (χ4n) is 4.58. The number of carbonyl (C=O) groups excluding carboxylic acids is 2. The van der Waals surface area contributed by atoms with Crippen LogP contribution in [0.1, 0.15) is 48.5 Å². The highest BCUT2D eigenvalue weighted by atomic mass is 19.4. The smallest absolute Gasteiger partial charge is 0.378 e. The molecule has 4 rings (SSSR count). The summed E-state index contributed by atoms with van der Waals surface area (Å²) >= 11 is 0. The van der Waals surface area contributed by atoms with Crippen LogP contribution in [0.2, 0.25) is 0 Å². The number of ether oxygens (including phenoxy) is 2. The van der Waals surface area contributed by atoms with Crippen LogP contribution in [0.25, 0.3) is 0 Å². The van der Waals surface area contributed by atoms with E-state index in [0.29, 0.717) is 32.6 Å². The van der Waals surface area contributed by atoms with Gasteiger partial charge < -0.3 is 19.3 Å². The van der Waals surface area contributed by atoms with Crippen molar-refractivity contribution in [3.63, 3.8) is 0 Å². The van der Waals surface area contributed by atoms with E-state index in [1.54, 1.807) is 4.90 Å². The molecule has 0 unspecified atom stereocenters. The van der Waals surface area contributed by atoms with Crippen molar-refractivity contribution in [3.8, 4) is 0 Å². The lowest BCUT2D eigenvalue weighted by Crippen LogP contribution is -2.59. The Morgan fingerprint density at radius 3 is 2.67 bits per heavy atom. The first-order valence-electron chi connectivity index (χ1n) is 10.2. The van der Waals surface area contributed by atoms with Gasteiger partial charge in [0.05, 0.1) is 24.8 Å². The molecule has 3 fully saturated rings. The van der Waals surface area contributed by atoms with Crippen molar-refractivity contribution < 1.29 is 32.2 Å². The van der Waals surface area contributed by atoms with Crippen molar-refractivity contribution >= 4 is 17.5 Å². The molecule has 3 aliphatic rings. The molecule has 3 heterocycles. The average Bonchev–Trinajstić information content (AvgIpc) is 3.12. The number of halogens is 3. The summed E-state index contributed by atoms with van der Waals surface area (Å²) in [5, 5.41) is 0. The Morgan fingerprint density at radius 1 is 1.23 bits per heavy atom. The number of morpholine rings is 1. The quantitative estimate of drug-likeness (QED) is 0.729. The molecule has 0 bridgehead atoms. The Morgan fingerprint density at radius 2 is 2.03 bits per heavy atom. The SMILES string of the molecule is C[C@@H]1CN(C(=O)c2cc(N3CCCC3=O)cc(C(F)(F)F)c2)C[C@]2(CCCOC2)O1. The minimum Gasteiger partial charge on any atom is -0.378 e. The van der Waals surface area contributed by atoms with E-state index in [4.69, 9.17) is 9.47 Å². The predicted octanol–water partition coefficient (Wildman–Crippen LogP) is 3.24. The summed E-state index contributed by atoms with van der Waals surface area (Å²) in [6.45, 7) is 3.74. The number of alkyl halides is 3. The summed E-state index contributed by atoms with van der Waals surface area (Å²) in [5.74, 6) is -0.722. The van der Waals surface area contributed by atoms with E-state index in [9.17, 15) is 22.8 Å². The molecule has 1 aromatic carbocycles. The highest BCUT2D eigenvalue weighted by Gasteiger charge is 2.43. The first-order chi connectivity index (χ1) is 14.2. The molecule has 0 aromatic heterocycles. The lowest BCUT2D eigenvalue weighted by atomic mass is 9.93. The third-order valence-corrected chi connectivity index (χ3v) is 5.86. The molecule has 0 aliphatic carbocycles. The van der Waals surface area contributed by atoms with Gasteiger partial charge in [-0.3, -0.25) is 9.59 Å². The van der Waals surface area contributed by atoms with Gasteiger partial charge in [-0.2, -0.15) is 13.2 Å². The highest BCUT2D eigenvalue weighted by Crippen LogP contribution is 2.36. The normalized spacial score (nSPS) is 27.7. The molecule has 2 atom stereocenters. The molecule has 3 aliphatic heterocycles. The second-order valence-electron chi connectivity index (χ2n) is 8.37. The zero-order chi connectivity index (χ0) is 21.5. The van der Waals surface area contributed by atoms with E-state index >= 15 is 0 Å². The minimum absolute atomic E-state index is 0.0690. The molecule has 3 saturated heterocycles. The molecule has 1 aromatic rings. The largest absolute Gasteiger partial charge is 0.416 e. The van der Waals surface area contributed by atoms with Crippen molar-refractivity contribution in [1.29, 1.82) is 0 Å². The van der Waals surface area contributed by atoms with Crippen LogP contribution in [-0.4, -0.2) is 61.3 Å². The van der Waals surface area contributed by atoms with Gasteiger partial charge in [-0.1, -0.05) is 0 Å². The van der Waals surface area contributed by atoms with Crippen molar-refractivity contribution in [2.75, 3.05) is 37.7 Å². The Kier molecular flexibility index (Phi) is 5.52. The topological polar surface area (TPSA) is 59.1 Å². The zero-order valence-corrected chi connectivity index (χ0v) is 16.8. The second-order valence-corrected chi connectivity index (χ2v) is 8.37. The first-order valence-corrected chi connectivity index (χ1v) is 10.2. The minimum atomic E-state index is -4.62. The van der Waals surface area contributed by atoms with Crippen LogP contribution in [-0.2, 0) is 20.4 Å². The predicted molar refractivity (Wildman–Crippen MR) is 102 cm³/mol. The molecule has 6 nitrogen and oxygen atoms in total. The fourth-order valence-corrected chi connectivity index (χ4v) is 4.58. The number of hydrogen-bond donors (Lipinski definition) is 0. The lowest BCUT2D eigenvalue weighted by molar-refractivity contribution is -0.188. The van der Waals surface area contributed by atoms with Crippen LogP contribution in [0.5, 0.6) is 0 Å². The third-order valence-electron chi connectivity index (χ3n) is 5.86. The number of benzene rings is 1. The second kappa shape index (κ2) is 7.85. The maximum Gasteiger partial charge on any atom is 0.416 e. The van der Waals surface area contributed by atoms with Gasteiger partial charge in [-0.15, -0.1) is 0 Å². The molecule has 0 saturated carbocycles. The maximum absolute atomic E-state index is 13.5. The number of amides is 2. The van der Waals surface area contributed by atoms with Gasteiger partial charge in [-0.25, -0.2) is 0 Å². The van der Waals surface area contributed by atoms with Gasteiger partial charge in [0, 0.05) is 37.4 Å². The molecule has 2 amide bonds. The number of hydrogen-bond acceptors (Lipinski definition) is 4. The molecule has 0 radical (unpaired) electrons. The summed E-state index contributed by atoms with van der Waals surface area (Å²) in [6.07, 6.45) is -2.46. The van der Waals surface area contributed by atoms with E-state index < -0.39 is 23.2 Å². The molecule has 164 valence electrons. The number of anilines is 1. The van der Waals surface area contributed by atoms with Crippen LogP contribution in [0, 0.1) is 0 Å². The molecule has 1 spiro atoms. The summed E-state index contributed by atoms with van der Waals surface area (Å²) in [4.78, 5) is 28.2. The van der Waals surface area contributed by atoms with E-state index in [1.165, 1.54) is 11.0 Å². The van der Waals surface area contributed by atoms with E-state index in [0.717, 1.165) is 25.0 Å². The van der Waals surface area contributed by atoms with Crippen LogP contribution >= 0.6 is 0 Å². The van der Waals surface area contributed by atoms with Crippen LogP contribution in [0.3, 0.4) is 0 Å². The van der Waals surface area contributed by atoms with Gasteiger partial charge in [0.1, 0.15) is 5.60 Å². The van der Waals surface area contributed by atoms with Gasteiger partial charge >= 0.3 is 6.18 Å². The van der Waals surface area contributed by atoms with Crippen LogP contribution < -0.4 is 4.90 Å². The van der Waals surface area contributed by atoms with Crippen LogP contribution in [0.4, 0.5) is 18.9 Å². The van der Waals surface area contributed by atoms with Crippen molar-refractivity contribution in [1.82, 2.24) is 4.90 Å². The van der Waals surface area contributed by atoms with Crippen LogP contribution in [0.15, 0.2) is 18.2 Å². The van der Waals surface area contributed by atoms with Gasteiger partial charge in [0.25, 0.3) is 5.91 Å². The Hall–Kier alpha value is -2.13. The van der Waals surface area contributed by atoms with Gasteiger partial charge in [0.2, 0.25) is 5.91 Å². The zero-order valence-electron chi connectivity index (χ0n) is 16.8. The molecule has 9 heteroatoms. The fraction of sp³-hybridized carbons (Fsp3) is 0.619. The average molecular weight is 426 g/mol. The molecular weight excluding hydrogens is 401 g/mol. The highest BCUT2D eigenvalue weighted by molar-refractivity contribution is 5.99. The first kappa shape index (κ1) is 21.1. The standard InChI is InChI=1S/C21H25F3N2O4/c1-14-11-25(12-20(30-14)5-3-7-29-13-20)19(28)15-8-16(21(22,23)24)10-17(9-15)26-6-2-4-18(26)27/h8-10,14H,2-7,11-13H2,1H3/t14-,20+/m1/s1. The van der Waals surface area contributed by atoms with Crippen molar-refractivity contribution in [2.24, 2.45) is 0 Å². The third kappa shape index (κ3) is 4.18. The Bertz CT molecular complexity index is 836. The number of carbonyl (C=O) groups is 2. The summed E-state index contributed by atoms with van der Waals surface area (Å²) in [7, 11) is 0. The molecule has 0 N–H and O–H groups in total. The monoisotopic (exact) mass is 426 g/mol. The Labute approximate surface area is 172 Å². The maximum atomic E-state index is 13.5. The summed E-state index contributed by atoms with van der Waals surface area (Å²) < 4.78 is 52.2. The number of rotatable bonds is 2. The van der Waals surface area contributed by atoms with Crippen molar-refractivity contribution in [2.45, 2.75) is 50.5 Å². The Balaban J connectivity index is 1.66. The van der Waals surface area contributed by atoms with E-state index in [1.807, 2.05) is 6.92 Å². The summed E-state index contributed by atoms with van der Waals surface area (Å²) in [5.41, 5.74) is -1.51. The summed E-state index contributed by atoms with van der Waals surface area (Å²) in [6, 6.07) is 3.21. The number of nitrogens with zero attached hydrogens (tertiary/aromatic N) is 2. The van der Waals surface area contributed by atoms with Gasteiger partial charge in [-0.05, 0) is 44.4 Å². The lowest BCUT2D eigenvalue weighted by Gasteiger charge is -2.47.